The first-order valence-corrected chi connectivity index (χ1v) is 32.9. The summed E-state index contributed by atoms with van der Waals surface area (Å²) in [5.74, 6) is 8.69. The fourth-order valence-corrected chi connectivity index (χ4v) is 20.9. The number of hydrogen-bond donors (Lipinski definition) is 3. The van der Waals surface area contributed by atoms with Crippen LogP contribution in [0.5, 0.6) is 0 Å². The first-order valence-electron chi connectivity index (χ1n) is 23.9. The molecule has 0 radical (unpaired) electrons. The number of rotatable bonds is 0. The van der Waals surface area contributed by atoms with Gasteiger partial charge < -0.3 is 24.8 Å². The molecule has 0 amide bonds. The van der Waals surface area contributed by atoms with E-state index >= 15 is 0 Å². The summed E-state index contributed by atoms with van der Waals surface area (Å²) in [6.07, 6.45) is 16.4. The molecule has 0 aromatic rings. The summed E-state index contributed by atoms with van der Waals surface area (Å²) >= 11 is 4.74. The van der Waals surface area contributed by atoms with E-state index in [1.165, 1.54) is 12.8 Å². The number of esters is 2. The van der Waals surface area contributed by atoms with Crippen LogP contribution < -0.4 is 0 Å². The van der Waals surface area contributed by atoms with Gasteiger partial charge in [-0.1, -0.05) is 35.1 Å². The van der Waals surface area contributed by atoms with Crippen molar-refractivity contribution in [3.05, 3.63) is 0 Å². The molecular weight excluding hydrogens is 1020 g/mol. The molecule has 3 N–H and O–H groups in total. The molecule has 2 saturated heterocycles. The molecule has 8 unspecified atom stereocenters. The monoisotopic (exact) mass is 1090 g/mol. The van der Waals surface area contributed by atoms with Gasteiger partial charge in [0.05, 0.1) is 17.3 Å². The minimum atomic E-state index is -0.763. The number of halogens is 2. The van der Waals surface area contributed by atoms with Crippen molar-refractivity contribution in [2.24, 2.45) is 105 Å². The van der Waals surface area contributed by atoms with Gasteiger partial charge in [0.15, 0.2) is 0 Å². The van der Waals surface area contributed by atoms with Crippen LogP contribution in [0, 0.1) is 105 Å². The van der Waals surface area contributed by atoms with E-state index in [0.29, 0.717) is 113 Å². The van der Waals surface area contributed by atoms with E-state index in [-0.39, 0.29) is 64.1 Å². The first kappa shape index (κ1) is 43.1. The molecule has 12 saturated carbocycles. The molecule has 0 aromatic carbocycles. The number of aliphatic hydroxyl groups excluding tert-OH is 1. The minimum absolute atomic E-state index is 0. The number of ketones is 1. The maximum absolute atomic E-state index is 12.3. The second-order valence-corrected chi connectivity index (χ2v) is 36.2. The molecule has 23 atom stereocenters. The quantitative estimate of drug-likeness (QED) is 0.162. The standard InChI is InChI=1S/C24H34O4.C24H32O4.CH4.2HI.V/c2*1-21-6-3-12(25)11-23(21,27)16-9-13(16)19-15(21)4-7-22(2)20(19)14-10-17(14)24(22)8-5-18(26)28-24;;;;/h12-17,19-20,25,27H,3-11H2,1-2H3;13-17,19-20,27H,3-11H2,1-2H3;1H4;2*1H;/q;;;;;+2/p-2/t12-,13-,14+,15?,16+,17-,19?,20?,21+,22-,23+,24?;13-,14+,15?,16+,17-,19?,20?,21+,22-,23+,24?;;;;/m00..../s1. The van der Waals surface area contributed by atoms with Gasteiger partial charge in [0, 0.05) is 60.2 Å². The van der Waals surface area contributed by atoms with E-state index in [1.54, 1.807) is 0 Å². The Morgan fingerprint density at radius 3 is 1.47 bits per heavy atom. The van der Waals surface area contributed by atoms with Crippen LogP contribution in [0.2, 0.25) is 0 Å². The molecule has 14 rings (SSSR count). The van der Waals surface area contributed by atoms with Crippen molar-refractivity contribution in [1.82, 2.24) is 0 Å². The third kappa shape index (κ3) is 5.02. The van der Waals surface area contributed by atoms with Gasteiger partial charge >= 0.3 is 61.4 Å². The molecule has 12 aliphatic carbocycles. The van der Waals surface area contributed by atoms with Crippen molar-refractivity contribution < 1.29 is 48.6 Å². The van der Waals surface area contributed by atoms with Gasteiger partial charge in [-0.25, -0.2) is 0 Å². The number of hydrogen-bond acceptors (Lipinski definition) is 8. The predicted octanol–water partition coefficient (Wildman–Crippen LogP) is 9.20. The molecule has 2 spiro atoms. The summed E-state index contributed by atoms with van der Waals surface area (Å²) in [5.41, 5.74) is -1.69. The summed E-state index contributed by atoms with van der Waals surface area (Å²) in [7, 11) is 0.628. The van der Waals surface area contributed by atoms with Gasteiger partial charge in [-0.3, -0.25) is 14.4 Å². The molecule has 8 nitrogen and oxygen atoms in total. The Morgan fingerprint density at radius 1 is 0.567 bits per heavy atom. The average Bonchev–Trinajstić information content (AvgIpc) is 4.03. The van der Waals surface area contributed by atoms with Crippen LogP contribution in [0.4, 0.5) is 0 Å². The summed E-state index contributed by atoms with van der Waals surface area (Å²) in [6.45, 7) is 9.59. The van der Waals surface area contributed by atoms with E-state index < -0.39 is 11.2 Å². The van der Waals surface area contributed by atoms with Crippen molar-refractivity contribution in [3.8, 4) is 0 Å². The van der Waals surface area contributed by atoms with Crippen molar-refractivity contribution >= 4 is 57.7 Å². The van der Waals surface area contributed by atoms with Gasteiger partial charge in [-0.15, -0.1) is 0 Å². The second kappa shape index (κ2) is 13.4. The molecule has 14 aliphatic rings. The summed E-state index contributed by atoms with van der Waals surface area (Å²) in [5, 5.41) is 34.0. The molecular formula is C49H70I2O8V. The number of Topliss-reactive ketones (excluding diaryl/α,β-unsaturated/α-hetero) is 1. The van der Waals surface area contributed by atoms with Crippen molar-refractivity contribution in [3.63, 3.8) is 0 Å². The zero-order chi connectivity index (χ0) is 41.2. The van der Waals surface area contributed by atoms with Crippen LogP contribution >= 0.6 is 40.0 Å². The Hall–Kier alpha value is 0.534. The summed E-state index contributed by atoms with van der Waals surface area (Å²) < 4.78 is 12.4. The fourth-order valence-electron chi connectivity index (χ4n) is 20.9. The third-order valence-corrected chi connectivity index (χ3v) is 23.3. The van der Waals surface area contributed by atoms with E-state index in [1.807, 2.05) is 0 Å². The van der Waals surface area contributed by atoms with Gasteiger partial charge in [0.1, 0.15) is 17.0 Å². The zero-order valence-electron chi connectivity index (χ0n) is 35.5. The SMILES string of the molecule is C.C[C@]12CCC3C(C1[C@@H]1C[C@@H]1C21CCC(=O)O1)[C@H]1C[C@H]1[C@]1(O)CC(=O)CC[C@]31C.C[C@]12CCC3C(C1[C@@H]1C[C@@H]1C21CCC(=O)O1)[C@H]1C[C@H]1[C@]1(O)C[C@@H](O)CC[C@]31C.[I][V][I]. The molecule has 14 fully saturated rings. The van der Waals surface area contributed by atoms with Crippen LogP contribution in [0.3, 0.4) is 0 Å². The Labute approximate surface area is 386 Å². The van der Waals surface area contributed by atoms with Crippen molar-refractivity contribution in [2.45, 2.75) is 179 Å². The van der Waals surface area contributed by atoms with Gasteiger partial charge in [-0.2, -0.15) is 0 Å². The molecule has 333 valence electrons. The Kier molecular flexibility index (Phi) is 9.61. The maximum atomic E-state index is 12.3. The number of ether oxygens (including phenoxy) is 2. The van der Waals surface area contributed by atoms with Crippen molar-refractivity contribution in [1.29, 1.82) is 0 Å². The molecule has 0 bridgehead atoms. The summed E-state index contributed by atoms with van der Waals surface area (Å²) in [4.78, 5) is 36.6. The van der Waals surface area contributed by atoms with Gasteiger partial charge in [0.25, 0.3) is 0 Å². The Balaban J connectivity index is 0.000000126. The number of fused-ring (bicyclic) bond motifs is 24. The normalized spacial score (nSPS) is 62.8. The zero-order valence-corrected chi connectivity index (χ0v) is 41.2. The van der Waals surface area contributed by atoms with Crippen LogP contribution in [0.15, 0.2) is 0 Å². The first-order chi connectivity index (χ1) is 27.9. The van der Waals surface area contributed by atoms with Crippen LogP contribution in [0.1, 0.15) is 151 Å². The van der Waals surface area contributed by atoms with Crippen LogP contribution in [0.25, 0.3) is 0 Å². The summed E-state index contributed by atoms with van der Waals surface area (Å²) in [6, 6.07) is 0. The van der Waals surface area contributed by atoms with E-state index in [4.69, 9.17) is 9.47 Å². The van der Waals surface area contributed by atoms with E-state index in [0.717, 1.165) is 82.5 Å². The third-order valence-electron chi connectivity index (χ3n) is 23.3. The van der Waals surface area contributed by atoms with Crippen molar-refractivity contribution in [2.75, 3.05) is 0 Å². The molecule has 60 heavy (non-hydrogen) atoms. The van der Waals surface area contributed by atoms with E-state index in [2.05, 4.69) is 67.7 Å². The second-order valence-electron chi connectivity index (χ2n) is 24.4. The number of carbonyl (C=O) groups excluding carboxylic acids is 3. The van der Waals surface area contributed by atoms with Gasteiger partial charge in [0.2, 0.25) is 0 Å². The predicted molar refractivity (Wildman–Crippen MR) is 238 cm³/mol. The molecule has 2 aliphatic heterocycles. The van der Waals surface area contributed by atoms with Crippen LogP contribution in [-0.4, -0.2) is 61.5 Å². The van der Waals surface area contributed by atoms with Crippen LogP contribution in [-0.2, 0) is 33.3 Å². The van der Waals surface area contributed by atoms with E-state index in [9.17, 15) is 29.7 Å². The molecule has 2 heterocycles. The fraction of sp³-hybridized carbons (Fsp3) is 0.939. The average molecular weight is 1090 g/mol. The Bertz CT molecular complexity index is 1900. The number of aliphatic hydroxyl groups is 3. The Morgan fingerprint density at radius 2 is 1.00 bits per heavy atom. The van der Waals surface area contributed by atoms with Gasteiger partial charge in [-0.05, 0) is 160 Å². The molecule has 0 aromatic heterocycles. The number of carbonyl (C=O) groups is 3. The molecule has 11 heteroatoms. The topological polar surface area (TPSA) is 130 Å².